The number of rotatable bonds is 2. The van der Waals surface area contributed by atoms with E-state index in [0.29, 0.717) is 0 Å². The van der Waals surface area contributed by atoms with E-state index in [2.05, 4.69) is 9.97 Å². The topological polar surface area (TPSA) is 35.0 Å². The lowest BCUT2D eigenvalue weighted by Gasteiger charge is -2.09. The first-order valence-corrected chi connectivity index (χ1v) is 5.01. The summed E-state index contributed by atoms with van der Waals surface area (Å²) in [7, 11) is 1.35. The molecule has 2 aromatic rings. The Labute approximate surface area is 101 Å². The number of hydrogen-bond donors (Lipinski definition) is 0. The van der Waals surface area contributed by atoms with Crippen LogP contribution in [0.3, 0.4) is 0 Å². The van der Waals surface area contributed by atoms with E-state index in [4.69, 9.17) is 16.3 Å². The van der Waals surface area contributed by atoms with Gasteiger partial charge < -0.3 is 4.74 Å². The Bertz CT molecular complexity index is 563. The average molecular weight is 257 g/mol. The molecule has 6 heteroatoms. The SMILES string of the molecule is COc1c(Cl)ncnc1-c1cccc(F)c1F. The fourth-order valence-corrected chi connectivity index (χ4v) is 1.62. The number of benzene rings is 1. The summed E-state index contributed by atoms with van der Waals surface area (Å²) in [5.74, 6) is -1.85. The average Bonchev–Trinajstić information content (AvgIpc) is 2.32. The Balaban J connectivity index is 2.68. The summed E-state index contributed by atoms with van der Waals surface area (Å²) in [6.07, 6.45) is 1.16. The highest BCUT2D eigenvalue weighted by molar-refractivity contribution is 6.31. The molecule has 1 aromatic heterocycles. The third-order valence-corrected chi connectivity index (χ3v) is 2.44. The number of methoxy groups -OCH3 is 1. The summed E-state index contributed by atoms with van der Waals surface area (Å²) in [5.41, 5.74) is 0.0932. The lowest BCUT2D eigenvalue weighted by molar-refractivity contribution is 0.412. The number of nitrogens with zero attached hydrogens (tertiary/aromatic N) is 2. The summed E-state index contributed by atoms with van der Waals surface area (Å²) < 4.78 is 31.7. The molecule has 0 radical (unpaired) electrons. The molecule has 0 aliphatic heterocycles. The second kappa shape index (κ2) is 4.63. The Morgan fingerprint density at radius 3 is 2.71 bits per heavy atom. The predicted molar refractivity (Wildman–Crippen MR) is 58.9 cm³/mol. The van der Waals surface area contributed by atoms with Crippen LogP contribution in [0.1, 0.15) is 0 Å². The van der Waals surface area contributed by atoms with Crippen LogP contribution in [0.5, 0.6) is 5.75 Å². The fraction of sp³-hybridized carbons (Fsp3) is 0.0909. The highest BCUT2D eigenvalue weighted by atomic mass is 35.5. The van der Waals surface area contributed by atoms with Crippen molar-refractivity contribution in [1.29, 1.82) is 0 Å². The number of ether oxygens (including phenoxy) is 1. The highest BCUT2D eigenvalue weighted by Crippen LogP contribution is 2.34. The normalized spacial score (nSPS) is 10.4. The van der Waals surface area contributed by atoms with Gasteiger partial charge in [0.05, 0.1) is 7.11 Å². The molecule has 0 atom stereocenters. The molecule has 0 spiro atoms. The van der Waals surface area contributed by atoms with Crippen LogP contribution in [0.2, 0.25) is 5.15 Å². The van der Waals surface area contributed by atoms with Gasteiger partial charge in [-0.25, -0.2) is 18.7 Å². The molecule has 1 aromatic carbocycles. The van der Waals surface area contributed by atoms with Gasteiger partial charge in [0.15, 0.2) is 22.5 Å². The van der Waals surface area contributed by atoms with Crippen LogP contribution in [0, 0.1) is 11.6 Å². The van der Waals surface area contributed by atoms with E-state index in [1.165, 1.54) is 19.2 Å². The molecule has 0 unspecified atom stereocenters. The lowest BCUT2D eigenvalue weighted by atomic mass is 10.1. The molecular weight excluding hydrogens is 250 g/mol. The molecule has 17 heavy (non-hydrogen) atoms. The lowest BCUT2D eigenvalue weighted by Crippen LogP contribution is -1.97. The second-order valence-electron chi connectivity index (χ2n) is 3.15. The van der Waals surface area contributed by atoms with Crippen molar-refractivity contribution in [2.45, 2.75) is 0 Å². The Morgan fingerprint density at radius 1 is 1.24 bits per heavy atom. The van der Waals surface area contributed by atoms with Crippen LogP contribution in [0.15, 0.2) is 24.5 Å². The van der Waals surface area contributed by atoms with Crippen molar-refractivity contribution in [3.8, 4) is 17.0 Å². The molecule has 0 aliphatic rings. The zero-order valence-corrected chi connectivity index (χ0v) is 9.50. The largest absolute Gasteiger partial charge is 0.491 e. The number of halogens is 3. The van der Waals surface area contributed by atoms with E-state index in [-0.39, 0.29) is 22.2 Å². The van der Waals surface area contributed by atoms with Crippen molar-refractivity contribution in [2.24, 2.45) is 0 Å². The quantitative estimate of drug-likeness (QED) is 0.775. The first kappa shape index (κ1) is 11.7. The van der Waals surface area contributed by atoms with Crippen molar-refractivity contribution in [1.82, 2.24) is 9.97 Å². The van der Waals surface area contributed by atoms with Gasteiger partial charge in [0.1, 0.15) is 12.0 Å². The van der Waals surface area contributed by atoms with Gasteiger partial charge in [0, 0.05) is 5.56 Å². The van der Waals surface area contributed by atoms with E-state index in [1.807, 2.05) is 0 Å². The van der Waals surface area contributed by atoms with Crippen LogP contribution in [-0.2, 0) is 0 Å². The van der Waals surface area contributed by atoms with Crippen LogP contribution in [0.4, 0.5) is 8.78 Å². The molecule has 0 bridgehead atoms. The molecule has 88 valence electrons. The van der Waals surface area contributed by atoms with Crippen LogP contribution < -0.4 is 4.74 Å². The third-order valence-electron chi connectivity index (χ3n) is 2.17. The molecule has 0 saturated heterocycles. The molecule has 1 heterocycles. The van der Waals surface area contributed by atoms with Crippen molar-refractivity contribution in [3.05, 3.63) is 41.3 Å². The first-order valence-electron chi connectivity index (χ1n) is 4.64. The van der Waals surface area contributed by atoms with Crippen LogP contribution >= 0.6 is 11.6 Å². The summed E-state index contributed by atoms with van der Waals surface area (Å²) in [5, 5.41) is 0.0427. The number of aromatic nitrogens is 2. The standard InChI is InChI=1S/C11H7ClF2N2O/c1-17-10-9(15-5-16-11(10)12)6-3-2-4-7(13)8(6)14/h2-5H,1H3. The highest BCUT2D eigenvalue weighted by Gasteiger charge is 2.17. The molecular formula is C11H7ClF2N2O. The minimum atomic E-state index is -0.999. The van der Waals surface area contributed by atoms with Gasteiger partial charge in [-0.15, -0.1) is 0 Å². The minimum absolute atomic E-state index is 0.0221. The van der Waals surface area contributed by atoms with Crippen molar-refractivity contribution in [3.63, 3.8) is 0 Å². The van der Waals surface area contributed by atoms with Gasteiger partial charge in [-0.3, -0.25) is 0 Å². The first-order chi connectivity index (χ1) is 8.15. The molecule has 0 saturated carbocycles. The van der Waals surface area contributed by atoms with Crippen molar-refractivity contribution < 1.29 is 13.5 Å². The van der Waals surface area contributed by atoms with E-state index >= 15 is 0 Å². The molecule has 0 aliphatic carbocycles. The fourth-order valence-electron chi connectivity index (χ4n) is 1.41. The smallest absolute Gasteiger partial charge is 0.182 e. The zero-order chi connectivity index (χ0) is 12.4. The molecule has 0 fully saturated rings. The summed E-state index contributed by atoms with van der Waals surface area (Å²) in [6, 6.07) is 3.79. The van der Waals surface area contributed by atoms with E-state index < -0.39 is 11.6 Å². The maximum atomic E-state index is 13.6. The van der Waals surface area contributed by atoms with E-state index in [1.54, 1.807) is 0 Å². The monoisotopic (exact) mass is 256 g/mol. The predicted octanol–water partition coefficient (Wildman–Crippen LogP) is 3.08. The zero-order valence-electron chi connectivity index (χ0n) is 8.75. The van der Waals surface area contributed by atoms with E-state index in [0.717, 1.165) is 12.4 Å². The molecule has 0 amide bonds. The minimum Gasteiger partial charge on any atom is -0.491 e. The van der Waals surface area contributed by atoms with Gasteiger partial charge in [0.25, 0.3) is 0 Å². The third kappa shape index (κ3) is 2.06. The van der Waals surface area contributed by atoms with Crippen molar-refractivity contribution >= 4 is 11.6 Å². The van der Waals surface area contributed by atoms with Gasteiger partial charge in [0.2, 0.25) is 0 Å². The van der Waals surface area contributed by atoms with E-state index in [9.17, 15) is 8.78 Å². The number of hydrogen-bond acceptors (Lipinski definition) is 3. The Kier molecular flexibility index (Phi) is 3.19. The summed E-state index contributed by atoms with van der Waals surface area (Å²) in [4.78, 5) is 7.56. The molecule has 0 N–H and O–H groups in total. The van der Waals surface area contributed by atoms with Gasteiger partial charge >= 0.3 is 0 Å². The Hall–Kier alpha value is -1.75. The van der Waals surface area contributed by atoms with Crippen molar-refractivity contribution in [2.75, 3.05) is 7.11 Å². The summed E-state index contributed by atoms with van der Waals surface area (Å²) >= 11 is 5.78. The second-order valence-corrected chi connectivity index (χ2v) is 3.51. The maximum Gasteiger partial charge on any atom is 0.182 e. The molecule has 3 nitrogen and oxygen atoms in total. The Morgan fingerprint density at radius 2 is 2.00 bits per heavy atom. The van der Waals surface area contributed by atoms with Crippen LogP contribution in [-0.4, -0.2) is 17.1 Å². The molecule has 2 rings (SSSR count). The van der Waals surface area contributed by atoms with Gasteiger partial charge in [-0.2, -0.15) is 0 Å². The maximum absolute atomic E-state index is 13.6. The van der Waals surface area contributed by atoms with Gasteiger partial charge in [-0.1, -0.05) is 17.7 Å². The van der Waals surface area contributed by atoms with Crippen LogP contribution in [0.25, 0.3) is 11.3 Å². The summed E-state index contributed by atoms with van der Waals surface area (Å²) in [6.45, 7) is 0. The van der Waals surface area contributed by atoms with Gasteiger partial charge in [-0.05, 0) is 12.1 Å².